The average molecular weight is 646 g/mol. The van der Waals surface area contributed by atoms with Crippen molar-refractivity contribution in [3.8, 4) is 17.0 Å². The van der Waals surface area contributed by atoms with Gasteiger partial charge in [0.05, 0.1) is 40.1 Å². The molecule has 0 saturated carbocycles. The fourth-order valence-corrected chi connectivity index (χ4v) is 8.22. The molecule has 5 rings (SSSR count). The van der Waals surface area contributed by atoms with Crippen LogP contribution in [0.4, 0.5) is 0 Å². The summed E-state index contributed by atoms with van der Waals surface area (Å²) in [6.45, 7) is 2.80. The molecule has 1 aromatic heterocycles. The second kappa shape index (κ2) is 13.6. The van der Waals surface area contributed by atoms with Gasteiger partial charge >= 0.3 is 0 Å². The molecule has 44 heavy (non-hydrogen) atoms. The lowest BCUT2D eigenvalue weighted by atomic mass is 9.88. The first-order valence-electron chi connectivity index (χ1n) is 14.7. The number of pyridine rings is 1. The van der Waals surface area contributed by atoms with Crippen LogP contribution in [0.3, 0.4) is 0 Å². The van der Waals surface area contributed by atoms with Crippen LogP contribution >= 0.6 is 0 Å². The highest BCUT2D eigenvalue weighted by Gasteiger charge is 2.44. The Kier molecular flexibility index (Phi) is 10.0. The summed E-state index contributed by atoms with van der Waals surface area (Å²) in [5, 5.41) is 22.8. The molecule has 2 aliphatic rings. The maximum absolute atomic E-state index is 13.5. The first-order chi connectivity index (χ1) is 21.0. The Morgan fingerprint density at radius 1 is 1.05 bits per heavy atom. The van der Waals surface area contributed by atoms with Crippen molar-refractivity contribution in [2.24, 2.45) is 0 Å². The van der Waals surface area contributed by atoms with Gasteiger partial charge in [-0.05, 0) is 68.7 Å². The minimum Gasteiger partial charge on any atom is -0.491 e. The lowest BCUT2D eigenvalue weighted by Crippen LogP contribution is -2.47. The van der Waals surface area contributed by atoms with E-state index in [0.29, 0.717) is 44.7 Å². The Labute approximate surface area is 258 Å². The van der Waals surface area contributed by atoms with Gasteiger partial charge in [-0.3, -0.25) is 4.98 Å². The van der Waals surface area contributed by atoms with Crippen LogP contribution in [0.1, 0.15) is 25.0 Å². The number of benzene rings is 2. The van der Waals surface area contributed by atoms with E-state index in [9.17, 15) is 21.9 Å². The van der Waals surface area contributed by atoms with Gasteiger partial charge < -0.3 is 25.0 Å². The van der Waals surface area contributed by atoms with Crippen LogP contribution in [-0.2, 0) is 24.6 Å². The summed E-state index contributed by atoms with van der Waals surface area (Å²) in [4.78, 5) is 4.82. The van der Waals surface area contributed by atoms with Crippen molar-refractivity contribution in [1.82, 2.24) is 14.6 Å². The molecule has 0 bridgehead atoms. The molecule has 11 nitrogen and oxygen atoms in total. The molecule has 2 atom stereocenters. The zero-order valence-corrected chi connectivity index (χ0v) is 26.3. The summed E-state index contributed by atoms with van der Waals surface area (Å²) in [6, 6.07) is 18.5. The summed E-state index contributed by atoms with van der Waals surface area (Å²) in [7, 11) is -7.29. The van der Waals surface area contributed by atoms with Crippen LogP contribution in [-0.4, -0.2) is 99.3 Å². The summed E-state index contributed by atoms with van der Waals surface area (Å²) in [5.74, 6) is -0.0614. The molecule has 3 heterocycles. The van der Waals surface area contributed by atoms with Gasteiger partial charge in [0.2, 0.25) is 10.0 Å². The average Bonchev–Trinajstić information content (AvgIpc) is 3.41. The number of hydrogen-bond donors (Lipinski definition) is 3. The molecule has 2 aromatic carbocycles. The van der Waals surface area contributed by atoms with Crippen molar-refractivity contribution in [3.05, 3.63) is 72.4 Å². The highest BCUT2D eigenvalue weighted by atomic mass is 32.2. The van der Waals surface area contributed by atoms with E-state index in [1.54, 1.807) is 30.3 Å². The number of nitrogens with zero attached hydrogens (tertiary/aromatic N) is 2. The van der Waals surface area contributed by atoms with Crippen LogP contribution in [0, 0.1) is 6.92 Å². The largest absolute Gasteiger partial charge is 0.491 e. The van der Waals surface area contributed by atoms with Crippen molar-refractivity contribution >= 4 is 19.9 Å². The third-order valence-electron chi connectivity index (χ3n) is 8.11. The quantitative estimate of drug-likeness (QED) is 0.267. The molecule has 3 N–H and O–H groups in total. The molecule has 2 aliphatic heterocycles. The lowest BCUT2D eigenvalue weighted by Gasteiger charge is -2.38. The number of sulfonamides is 1. The zero-order valence-electron chi connectivity index (χ0n) is 24.6. The number of aliphatic hydroxyl groups is 2. The predicted octanol–water partition coefficient (Wildman–Crippen LogP) is 2.16. The molecule has 0 amide bonds. The Bertz CT molecular complexity index is 1660. The van der Waals surface area contributed by atoms with Crippen LogP contribution in [0.25, 0.3) is 11.3 Å². The number of sulfone groups is 1. The molecule has 238 valence electrons. The fraction of sp³-hybridized carbons (Fsp3) is 0.452. The normalized spacial score (nSPS) is 19.7. The number of hydrogen-bond acceptors (Lipinski definition) is 10. The first kappa shape index (κ1) is 32.5. The Morgan fingerprint density at radius 3 is 2.52 bits per heavy atom. The van der Waals surface area contributed by atoms with E-state index in [1.807, 2.05) is 31.2 Å². The van der Waals surface area contributed by atoms with Crippen molar-refractivity contribution in [2.45, 2.75) is 53.7 Å². The summed E-state index contributed by atoms with van der Waals surface area (Å²) >= 11 is 0. The van der Waals surface area contributed by atoms with Gasteiger partial charge in [0.15, 0.2) is 9.84 Å². The van der Waals surface area contributed by atoms with Crippen molar-refractivity contribution in [1.29, 1.82) is 0 Å². The summed E-state index contributed by atoms with van der Waals surface area (Å²) < 4.78 is 64.7. The standard InChI is InChI=1S/C31H39N3O8S2/c1-23-5-2-10-30(33-23)24-6-3-9-29(17-24)44(39,40)34-13-11-31(12-14-34)19-25(21-42-31)32-20-26(36)22-41-27-7-4-8-28(18-27)43(37,38)16-15-35/h2-10,17-18,25-26,32,35-36H,11-16,19-22H2,1H3/t25-,26?/m0/s1. The smallest absolute Gasteiger partial charge is 0.243 e. The van der Waals surface area contributed by atoms with Gasteiger partial charge in [-0.15, -0.1) is 0 Å². The lowest BCUT2D eigenvalue weighted by molar-refractivity contribution is -0.0312. The van der Waals surface area contributed by atoms with Crippen LogP contribution < -0.4 is 10.1 Å². The van der Waals surface area contributed by atoms with Crippen LogP contribution in [0.15, 0.2) is 76.5 Å². The zero-order chi connectivity index (χ0) is 31.4. The highest BCUT2D eigenvalue weighted by molar-refractivity contribution is 7.91. The van der Waals surface area contributed by atoms with Crippen LogP contribution in [0.2, 0.25) is 0 Å². The third-order valence-corrected chi connectivity index (χ3v) is 11.7. The number of aromatic nitrogens is 1. The number of rotatable bonds is 12. The van der Waals surface area contributed by atoms with E-state index in [2.05, 4.69) is 10.3 Å². The number of aryl methyl sites for hydroxylation is 1. The van der Waals surface area contributed by atoms with E-state index in [-0.39, 0.29) is 34.7 Å². The van der Waals surface area contributed by atoms with Gasteiger partial charge in [-0.1, -0.05) is 24.3 Å². The van der Waals surface area contributed by atoms with Crippen molar-refractivity contribution in [3.63, 3.8) is 0 Å². The minimum absolute atomic E-state index is 0.00160. The van der Waals surface area contributed by atoms with Crippen molar-refractivity contribution < 1.29 is 36.5 Å². The topological polar surface area (TPSA) is 155 Å². The number of piperidine rings is 1. The predicted molar refractivity (Wildman–Crippen MR) is 165 cm³/mol. The van der Waals surface area contributed by atoms with Gasteiger partial charge in [-0.25, -0.2) is 16.8 Å². The SMILES string of the molecule is Cc1cccc(-c2cccc(S(=O)(=O)N3CCC4(CC3)C[C@H](NCC(O)COc3cccc(S(=O)(=O)CCO)c3)CO4)c2)n1. The fourth-order valence-electron chi connectivity index (χ4n) is 5.68. The molecule has 0 radical (unpaired) electrons. The molecular formula is C31H39N3O8S2. The highest BCUT2D eigenvalue weighted by Crippen LogP contribution is 2.37. The Hall–Kier alpha value is -2.91. The molecule has 0 aliphatic carbocycles. The molecule has 1 unspecified atom stereocenters. The Balaban J connectivity index is 1.10. The van der Waals surface area contributed by atoms with E-state index in [0.717, 1.165) is 17.0 Å². The number of nitrogens with one attached hydrogen (secondary N) is 1. The molecule has 2 fully saturated rings. The van der Waals surface area contributed by atoms with E-state index in [4.69, 9.17) is 14.6 Å². The second-order valence-corrected chi connectivity index (χ2v) is 15.4. The maximum atomic E-state index is 13.5. The first-order valence-corrected chi connectivity index (χ1v) is 17.8. The monoisotopic (exact) mass is 645 g/mol. The van der Waals surface area contributed by atoms with Gasteiger partial charge in [0.1, 0.15) is 18.5 Å². The molecule has 13 heteroatoms. The second-order valence-electron chi connectivity index (χ2n) is 11.4. The number of aliphatic hydroxyl groups excluding tert-OH is 2. The molecule has 2 saturated heterocycles. The third kappa shape index (κ3) is 7.65. The van der Waals surface area contributed by atoms with E-state index >= 15 is 0 Å². The minimum atomic E-state index is -3.68. The Morgan fingerprint density at radius 2 is 1.77 bits per heavy atom. The molecular weight excluding hydrogens is 606 g/mol. The maximum Gasteiger partial charge on any atom is 0.243 e. The van der Waals surface area contributed by atoms with Gasteiger partial charge in [-0.2, -0.15) is 4.31 Å². The molecule has 3 aromatic rings. The van der Waals surface area contributed by atoms with Crippen LogP contribution in [0.5, 0.6) is 5.75 Å². The van der Waals surface area contributed by atoms with Gasteiger partial charge in [0, 0.05) is 36.9 Å². The van der Waals surface area contributed by atoms with Crippen molar-refractivity contribution in [2.75, 3.05) is 45.2 Å². The molecule has 1 spiro atoms. The van der Waals surface area contributed by atoms with E-state index < -0.39 is 38.2 Å². The number of ether oxygens (including phenoxy) is 2. The van der Waals surface area contributed by atoms with E-state index in [1.165, 1.54) is 16.4 Å². The van der Waals surface area contributed by atoms with Gasteiger partial charge in [0.25, 0.3) is 0 Å². The summed E-state index contributed by atoms with van der Waals surface area (Å²) in [6.07, 6.45) is 1.01. The summed E-state index contributed by atoms with van der Waals surface area (Å²) in [5.41, 5.74) is 1.93.